The Morgan fingerprint density at radius 2 is 2.12 bits per heavy atom. The first kappa shape index (κ1) is 17.0. The molecule has 4 N–H and O–H groups in total. The Bertz CT molecular complexity index is 806. The van der Waals surface area contributed by atoms with Crippen molar-refractivity contribution in [2.24, 2.45) is 11.7 Å². The van der Waals surface area contributed by atoms with Crippen molar-refractivity contribution in [2.45, 2.75) is 38.3 Å². The molecule has 0 aliphatic heterocycles. The number of nitrogens with zero attached hydrogens (tertiary/aromatic N) is 3. The molecule has 1 fully saturated rings. The predicted octanol–water partition coefficient (Wildman–Crippen LogP) is 2.26. The number of aryl methyl sites for hydroxylation is 1. The van der Waals surface area contributed by atoms with Gasteiger partial charge in [-0.25, -0.2) is 0 Å². The molecule has 1 aromatic heterocycles. The molecule has 1 aliphatic rings. The maximum Gasteiger partial charge on any atom is 0.254 e. The zero-order chi connectivity index (χ0) is 18.0. The molecule has 1 amide bonds. The maximum atomic E-state index is 11.8. The van der Waals surface area contributed by atoms with E-state index >= 15 is 0 Å². The van der Waals surface area contributed by atoms with Crippen LogP contribution in [-0.2, 0) is 0 Å². The van der Waals surface area contributed by atoms with Crippen LogP contribution in [0.1, 0.15) is 41.2 Å². The highest BCUT2D eigenvalue weighted by atomic mass is 16.3. The number of benzene rings is 1. The van der Waals surface area contributed by atoms with Crippen LogP contribution < -0.4 is 11.1 Å². The number of carbonyl (C=O) groups excluding carboxylic acids is 1. The lowest BCUT2D eigenvalue weighted by Gasteiger charge is -2.30. The molecule has 0 saturated heterocycles. The topological polar surface area (TPSA) is 117 Å². The zero-order valence-electron chi connectivity index (χ0n) is 14.0. The first-order valence-electron chi connectivity index (χ1n) is 8.28. The highest BCUT2D eigenvalue weighted by Gasteiger charge is 2.32. The van der Waals surface area contributed by atoms with Gasteiger partial charge in [-0.3, -0.25) is 9.48 Å². The number of nitriles is 1. The lowest BCUT2D eigenvalue weighted by atomic mass is 9.84. The summed E-state index contributed by atoms with van der Waals surface area (Å²) >= 11 is 0. The van der Waals surface area contributed by atoms with E-state index in [0.29, 0.717) is 25.1 Å². The Kier molecular flexibility index (Phi) is 4.72. The third kappa shape index (κ3) is 3.64. The fourth-order valence-corrected chi connectivity index (χ4v) is 3.20. The molecule has 7 heteroatoms. The minimum atomic E-state index is -0.579. The number of anilines is 2. The number of nitrogens with two attached hydrogens (primary N) is 1. The van der Waals surface area contributed by atoms with Gasteiger partial charge in [0.15, 0.2) is 5.82 Å². The van der Waals surface area contributed by atoms with Crippen molar-refractivity contribution in [1.29, 1.82) is 5.26 Å². The second-order valence-corrected chi connectivity index (χ2v) is 6.50. The Balaban J connectivity index is 1.90. The molecule has 1 aromatic carbocycles. The lowest BCUT2D eigenvalue weighted by molar-refractivity contribution is 0.0861. The number of primary amides is 1. The van der Waals surface area contributed by atoms with E-state index in [1.807, 2.05) is 31.2 Å². The van der Waals surface area contributed by atoms with Gasteiger partial charge in [-0.2, -0.15) is 10.4 Å². The van der Waals surface area contributed by atoms with Crippen LogP contribution >= 0.6 is 0 Å². The summed E-state index contributed by atoms with van der Waals surface area (Å²) in [5, 5.41) is 26.7. The number of aliphatic hydroxyl groups is 1. The fourth-order valence-electron chi connectivity index (χ4n) is 3.20. The third-order valence-electron chi connectivity index (χ3n) is 4.60. The Labute approximate surface area is 146 Å². The normalized spacial score (nSPS) is 23.0. The average molecular weight is 339 g/mol. The smallest absolute Gasteiger partial charge is 0.254 e. The molecular weight excluding hydrogens is 318 g/mol. The standard InChI is InChI=1S/C18H21N5O2/c1-11-2-4-13(5-3-11)21-18-15(17(20)25)10-23(22-18)16-7-6-14(24)8-12(16)9-19/h2-5,10,12,14,16,24H,6-8H2,1H3,(H2,20,25)(H,21,22)/t12?,14-,16+/m1/s1. The van der Waals surface area contributed by atoms with Gasteiger partial charge in [0.25, 0.3) is 5.91 Å². The van der Waals surface area contributed by atoms with Crippen molar-refractivity contribution < 1.29 is 9.90 Å². The molecule has 0 spiro atoms. The molecule has 3 rings (SSSR count). The molecular formula is C18H21N5O2. The number of carbonyl (C=O) groups is 1. The number of rotatable bonds is 4. The van der Waals surface area contributed by atoms with Crippen LogP contribution in [0, 0.1) is 24.2 Å². The van der Waals surface area contributed by atoms with Crippen molar-refractivity contribution >= 4 is 17.4 Å². The van der Waals surface area contributed by atoms with Crippen LogP contribution in [0.25, 0.3) is 0 Å². The molecule has 1 aliphatic carbocycles. The first-order chi connectivity index (χ1) is 12.0. The number of hydrogen-bond acceptors (Lipinski definition) is 5. The predicted molar refractivity (Wildman–Crippen MR) is 93.2 cm³/mol. The fraction of sp³-hybridized carbons (Fsp3) is 0.389. The van der Waals surface area contributed by atoms with Crippen molar-refractivity contribution in [3.8, 4) is 6.07 Å². The lowest BCUT2D eigenvalue weighted by Crippen LogP contribution is -2.29. The molecule has 0 radical (unpaired) electrons. The van der Waals surface area contributed by atoms with Crippen LogP contribution in [0.4, 0.5) is 11.5 Å². The van der Waals surface area contributed by atoms with Crippen LogP contribution in [-0.4, -0.2) is 26.9 Å². The van der Waals surface area contributed by atoms with E-state index in [9.17, 15) is 15.2 Å². The second kappa shape index (κ2) is 6.95. The van der Waals surface area contributed by atoms with E-state index in [1.165, 1.54) is 0 Å². The van der Waals surface area contributed by atoms with E-state index < -0.39 is 12.0 Å². The Morgan fingerprint density at radius 3 is 2.76 bits per heavy atom. The van der Waals surface area contributed by atoms with Crippen molar-refractivity contribution in [3.63, 3.8) is 0 Å². The summed E-state index contributed by atoms with van der Waals surface area (Å²) in [5.74, 6) is -0.555. The van der Waals surface area contributed by atoms with Crippen LogP contribution in [0.2, 0.25) is 0 Å². The van der Waals surface area contributed by atoms with Crippen LogP contribution in [0.5, 0.6) is 0 Å². The Hall–Kier alpha value is -2.85. The summed E-state index contributed by atoms with van der Waals surface area (Å²) in [6.07, 6.45) is 2.77. The molecule has 25 heavy (non-hydrogen) atoms. The van der Waals surface area contributed by atoms with E-state index in [1.54, 1.807) is 10.9 Å². The van der Waals surface area contributed by atoms with Crippen molar-refractivity contribution in [1.82, 2.24) is 9.78 Å². The Morgan fingerprint density at radius 1 is 1.40 bits per heavy atom. The zero-order valence-corrected chi connectivity index (χ0v) is 14.0. The summed E-state index contributed by atoms with van der Waals surface area (Å²) < 4.78 is 1.64. The molecule has 1 heterocycles. The van der Waals surface area contributed by atoms with Gasteiger partial charge >= 0.3 is 0 Å². The number of aliphatic hydroxyl groups excluding tert-OH is 1. The summed E-state index contributed by atoms with van der Waals surface area (Å²) in [6.45, 7) is 1.99. The van der Waals surface area contributed by atoms with E-state index in [4.69, 9.17) is 5.73 Å². The van der Waals surface area contributed by atoms with Gasteiger partial charge in [0.2, 0.25) is 0 Å². The van der Waals surface area contributed by atoms with Gasteiger partial charge in [0.1, 0.15) is 5.56 Å². The number of hydrogen-bond donors (Lipinski definition) is 3. The van der Waals surface area contributed by atoms with Gasteiger partial charge in [0.05, 0.1) is 24.1 Å². The van der Waals surface area contributed by atoms with Gasteiger partial charge in [-0.1, -0.05) is 17.7 Å². The first-order valence-corrected chi connectivity index (χ1v) is 8.28. The minimum absolute atomic E-state index is 0.180. The molecule has 7 nitrogen and oxygen atoms in total. The quantitative estimate of drug-likeness (QED) is 0.790. The highest BCUT2D eigenvalue weighted by molar-refractivity contribution is 5.98. The summed E-state index contributed by atoms with van der Waals surface area (Å²) in [5.41, 5.74) is 7.70. The largest absolute Gasteiger partial charge is 0.393 e. The monoisotopic (exact) mass is 339 g/mol. The molecule has 130 valence electrons. The molecule has 1 unspecified atom stereocenters. The van der Waals surface area contributed by atoms with Crippen molar-refractivity contribution in [2.75, 3.05) is 5.32 Å². The van der Waals surface area contributed by atoms with Gasteiger partial charge in [-0.15, -0.1) is 0 Å². The van der Waals surface area contributed by atoms with Gasteiger partial charge in [0, 0.05) is 11.9 Å². The number of aromatic nitrogens is 2. The van der Waals surface area contributed by atoms with Crippen LogP contribution in [0.15, 0.2) is 30.5 Å². The van der Waals surface area contributed by atoms with Gasteiger partial charge in [-0.05, 0) is 38.3 Å². The molecule has 3 atom stereocenters. The average Bonchev–Trinajstić information content (AvgIpc) is 3.00. The third-order valence-corrected chi connectivity index (χ3v) is 4.60. The summed E-state index contributed by atoms with van der Waals surface area (Å²) in [6, 6.07) is 9.76. The van der Waals surface area contributed by atoms with E-state index in [-0.39, 0.29) is 17.5 Å². The highest BCUT2D eigenvalue weighted by Crippen LogP contribution is 2.34. The summed E-state index contributed by atoms with van der Waals surface area (Å²) in [4.78, 5) is 11.8. The minimum Gasteiger partial charge on any atom is -0.393 e. The van der Waals surface area contributed by atoms with Crippen molar-refractivity contribution in [3.05, 3.63) is 41.6 Å². The van der Waals surface area contributed by atoms with E-state index in [0.717, 1.165) is 11.3 Å². The molecule has 1 saturated carbocycles. The second-order valence-electron chi connectivity index (χ2n) is 6.50. The van der Waals surface area contributed by atoms with Crippen LogP contribution in [0.3, 0.4) is 0 Å². The van der Waals surface area contributed by atoms with E-state index in [2.05, 4.69) is 16.5 Å². The summed E-state index contributed by atoms with van der Waals surface area (Å²) in [7, 11) is 0. The maximum absolute atomic E-state index is 11.8. The SMILES string of the molecule is Cc1ccc(Nc2nn([C@H]3CC[C@@H](O)CC3C#N)cc2C(N)=O)cc1. The van der Waals surface area contributed by atoms with Gasteiger partial charge < -0.3 is 16.2 Å². The number of amides is 1. The molecule has 2 aromatic rings. The number of nitrogens with one attached hydrogen (secondary N) is 1. The molecule has 0 bridgehead atoms.